The molecule has 2 aromatic carbocycles. The first-order valence-electron chi connectivity index (χ1n) is 9.12. The Morgan fingerprint density at radius 1 is 1.12 bits per heavy atom. The molecule has 3 unspecified atom stereocenters. The van der Waals surface area contributed by atoms with E-state index >= 15 is 0 Å². The summed E-state index contributed by atoms with van der Waals surface area (Å²) in [4.78, 5) is 14.9. The molecule has 1 amide bonds. The van der Waals surface area contributed by atoms with Gasteiger partial charge < -0.3 is 20.7 Å². The number of hydrogen-bond acceptors (Lipinski definition) is 4. The highest BCUT2D eigenvalue weighted by atomic mass is 16.5. The van der Waals surface area contributed by atoms with Crippen molar-refractivity contribution >= 4 is 17.3 Å². The van der Waals surface area contributed by atoms with Crippen LogP contribution in [-0.4, -0.2) is 37.2 Å². The molecule has 1 heterocycles. The maximum atomic E-state index is 12.6. The normalized spacial score (nSPS) is 21.3. The predicted octanol–water partition coefficient (Wildman–Crippen LogP) is 2.81. The second kappa shape index (κ2) is 8.34. The van der Waals surface area contributed by atoms with Crippen LogP contribution in [0.15, 0.2) is 54.6 Å². The number of benzene rings is 2. The van der Waals surface area contributed by atoms with Crippen molar-refractivity contribution in [3.63, 3.8) is 0 Å². The summed E-state index contributed by atoms with van der Waals surface area (Å²) in [6.45, 7) is 5.74. The summed E-state index contributed by atoms with van der Waals surface area (Å²) in [6, 6.07) is 17.1. The van der Waals surface area contributed by atoms with Crippen molar-refractivity contribution in [2.75, 3.05) is 23.3 Å². The van der Waals surface area contributed by atoms with Crippen LogP contribution in [0.2, 0.25) is 0 Å². The first-order chi connectivity index (χ1) is 12.5. The fourth-order valence-electron chi connectivity index (χ4n) is 3.42. The predicted molar refractivity (Wildman–Crippen MR) is 105 cm³/mol. The van der Waals surface area contributed by atoms with Crippen molar-refractivity contribution in [3.8, 4) is 0 Å². The van der Waals surface area contributed by atoms with Gasteiger partial charge in [0.25, 0.3) is 0 Å². The van der Waals surface area contributed by atoms with Crippen LogP contribution in [0.5, 0.6) is 0 Å². The van der Waals surface area contributed by atoms with Crippen molar-refractivity contribution < 1.29 is 9.53 Å². The Morgan fingerprint density at radius 2 is 1.73 bits per heavy atom. The number of morpholine rings is 1. The van der Waals surface area contributed by atoms with E-state index in [0.29, 0.717) is 6.42 Å². The smallest absolute Gasteiger partial charge is 0.241 e. The zero-order valence-electron chi connectivity index (χ0n) is 15.4. The first kappa shape index (κ1) is 18.4. The Balaban J connectivity index is 1.70. The lowest BCUT2D eigenvalue weighted by molar-refractivity contribution is -0.117. The van der Waals surface area contributed by atoms with Crippen molar-refractivity contribution in [2.45, 2.75) is 38.5 Å². The van der Waals surface area contributed by atoms with Crippen LogP contribution in [-0.2, 0) is 16.0 Å². The topological polar surface area (TPSA) is 67.6 Å². The fourth-order valence-corrected chi connectivity index (χ4v) is 3.42. The molecule has 0 aromatic heterocycles. The summed E-state index contributed by atoms with van der Waals surface area (Å²) in [5.41, 5.74) is 8.98. The standard InChI is InChI=1S/C21H27N3O2/c1-15-13-24(14-16(2)26-15)20-11-7-6-10-19(20)23-21(25)18(22)12-17-8-4-3-5-9-17/h3-11,15-16,18H,12-14,22H2,1-2H3,(H,23,25). The number of nitrogens with zero attached hydrogens (tertiary/aromatic N) is 1. The van der Waals surface area contributed by atoms with Gasteiger partial charge in [0.1, 0.15) is 0 Å². The van der Waals surface area contributed by atoms with Crippen molar-refractivity contribution in [1.29, 1.82) is 0 Å². The molecule has 1 fully saturated rings. The highest BCUT2D eigenvalue weighted by Gasteiger charge is 2.24. The largest absolute Gasteiger partial charge is 0.372 e. The third-order valence-corrected chi connectivity index (χ3v) is 4.56. The van der Waals surface area contributed by atoms with Gasteiger partial charge in [-0.2, -0.15) is 0 Å². The fraction of sp³-hybridized carbons (Fsp3) is 0.381. The number of ether oxygens (including phenoxy) is 1. The minimum absolute atomic E-state index is 0.155. The number of rotatable bonds is 5. The second-order valence-corrected chi connectivity index (χ2v) is 6.96. The molecule has 138 valence electrons. The number of nitrogens with two attached hydrogens (primary N) is 1. The van der Waals surface area contributed by atoms with E-state index in [4.69, 9.17) is 10.5 Å². The zero-order chi connectivity index (χ0) is 18.5. The number of carbonyl (C=O) groups is 1. The third kappa shape index (κ3) is 4.62. The van der Waals surface area contributed by atoms with Crippen molar-refractivity contribution in [2.24, 2.45) is 5.73 Å². The van der Waals surface area contributed by atoms with Crippen LogP contribution in [0.4, 0.5) is 11.4 Å². The average Bonchev–Trinajstić information content (AvgIpc) is 2.62. The highest BCUT2D eigenvalue weighted by Crippen LogP contribution is 2.28. The van der Waals surface area contributed by atoms with Crippen LogP contribution in [0.25, 0.3) is 0 Å². The molecule has 3 N–H and O–H groups in total. The van der Waals surface area contributed by atoms with E-state index in [-0.39, 0.29) is 18.1 Å². The minimum Gasteiger partial charge on any atom is -0.372 e. The molecule has 3 rings (SSSR count). The maximum Gasteiger partial charge on any atom is 0.241 e. The molecular weight excluding hydrogens is 326 g/mol. The summed E-state index contributed by atoms with van der Waals surface area (Å²) in [5.74, 6) is -0.171. The summed E-state index contributed by atoms with van der Waals surface area (Å²) in [6.07, 6.45) is 0.825. The molecule has 3 atom stereocenters. The molecule has 2 aromatic rings. The molecular formula is C21H27N3O2. The van der Waals surface area contributed by atoms with Gasteiger partial charge in [-0.1, -0.05) is 42.5 Å². The maximum absolute atomic E-state index is 12.6. The average molecular weight is 353 g/mol. The molecule has 5 heteroatoms. The van der Waals surface area contributed by atoms with Crippen LogP contribution in [0, 0.1) is 0 Å². The number of hydrogen-bond donors (Lipinski definition) is 2. The van der Waals surface area contributed by atoms with E-state index < -0.39 is 6.04 Å². The Kier molecular flexibility index (Phi) is 5.91. The number of carbonyl (C=O) groups excluding carboxylic acids is 1. The van der Waals surface area contributed by atoms with E-state index in [1.807, 2.05) is 54.6 Å². The van der Waals surface area contributed by atoms with Gasteiger partial charge in [0, 0.05) is 13.1 Å². The Bertz CT molecular complexity index is 725. The molecule has 0 radical (unpaired) electrons. The van der Waals surface area contributed by atoms with E-state index in [2.05, 4.69) is 24.1 Å². The molecule has 1 aliphatic heterocycles. The monoisotopic (exact) mass is 353 g/mol. The molecule has 0 aliphatic carbocycles. The van der Waals surface area contributed by atoms with Crippen LogP contribution in [0.1, 0.15) is 19.4 Å². The summed E-state index contributed by atoms with van der Waals surface area (Å²) in [7, 11) is 0. The van der Waals surface area contributed by atoms with Crippen molar-refractivity contribution in [1.82, 2.24) is 0 Å². The van der Waals surface area contributed by atoms with Crippen LogP contribution >= 0.6 is 0 Å². The summed E-state index contributed by atoms with van der Waals surface area (Å²) >= 11 is 0. The Hall–Kier alpha value is -2.37. The highest BCUT2D eigenvalue weighted by molar-refractivity contribution is 5.97. The van der Waals surface area contributed by atoms with Crippen LogP contribution in [0.3, 0.4) is 0 Å². The molecule has 1 aliphatic rings. The molecule has 0 saturated carbocycles. The minimum atomic E-state index is -0.590. The van der Waals surface area contributed by atoms with Crippen LogP contribution < -0.4 is 16.0 Å². The van der Waals surface area contributed by atoms with Gasteiger partial charge in [0.2, 0.25) is 5.91 Å². The second-order valence-electron chi connectivity index (χ2n) is 6.96. The van der Waals surface area contributed by atoms with Gasteiger partial charge in [0.15, 0.2) is 0 Å². The van der Waals surface area contributed by atoms with Gasteiger partial charge >= 0.3 is 0 Å². The van der Waals surface area contributed by atoms with Gasteiger partial charge in [-0.3, -0.25) is 4.79 Å². The number of amides is 1. The van der Waals surface area contributed by atoms with E-state index in [1.165, 1.54) is 0 Å². The summed E-state index contributed by atoms with van der Waals surface area (Å²) in [5, 5.41) is 3.01. The van der Waals surface area contributed by atoms with E-state index in [0.717, 1.165) is 30.0 Å². The molecule has 0 bridgehead atoms. The molecule has 5 nitrogen and oxygen atoms in total. The number of anilines is 2. The molecule has 26 heavy (non-hydrogen) atoms. The lowest BCUT2D eigenvalue weighted by atomic mass is 10.1. The Morgan fingerprint density at radius 3 is 2.42 bits per heavy atom. The zero-order valence-corrected chi connectivity index (χ0v) is 15.4. The van der Waals surface area contributed by atoms with Gasteiger partial charge in [0.05, 0.1) is 29.6 Å². The molecule has 0 spiro atoms. The van der Waals surface area contributed by atoms with E-state index in [1.54, 1.807) is 0 Å². The SMILES string of the molecule is CC1CN(c2ccccc2NC(=O)C(N)Cc2ccccc2)CC(C)O1. The number of para-hydroxylation sites is 2. The molecule has 1 saturated heterocycles. The van der Waals surface area contributed by atoms with Gasteiger partial charge in [-0.15, -0.1) is 0 Å². The summed E-state index contributed by atoms with van der Waals surface area (Å²) < 4.78 is 5.81. The lowest BCUT2D eigenvalue weighted by Crippen LogP contribution is -2.46. The lowest BCUT2D eigenvalue weighted by Gasteiger charge is -2.37. The quantitative estimate of drug-likeness (QED) is 0.867. The first-order valence-corrected chi connectivity index (χ1v) is 9.12. The third-order valence-electron chi connectivity index (χ3n) is 4.56. The van der Waals surface area contributed by atoms with Gasteiger partial charge in [-0.05, 0) is 38.0 Å². The number of nitrogens with one attached hydrogen (secondary N) is 1. The Labute approximate surface area is 155 Å². The van der Waals surface area contributed by atoms with Gasteiger partial charge in [-0.25, -0.2) is 0 Å². The van der Waals surface area contributed by atoms with E-state index in [9.17, 15) is 4.79 Å². The van der Waals surface area contributed by atoms with Crippen molar-refractivity contribution in [3.05, 3.63) is 60.2 Å².